The van der Waals surface area contributed by atoms with Gasteiger partial charge in [-0.05, 0) is 43.0 Å². The Balaban J connectivity index is 2.64. The second kappa shape index (κ2) is 7.65. The van der Waals surface area contributed by atoms with Crippen LogP contribution in [0.3, 0.4) is 0 Å². The van der Waals surface area contributed by atoms with Gasteiger partial charge in [0.1, 0.15) is 5.75 Å². The maximum atomic E-state index is 5.71. The largest absolute Gasteiger partial charge is 0.497 e. The van der Waals surface area contributed by atoms with E-state index < -0.39 is 0 Å². The van der Waals surface area contributed by atoms with Gasteiger partial charge in [0.05, 0.1) is 13.2 Å². The molecule has 0 aliphatic heterocycles. The number of benzene rings is 1. The van der Waals surface area contributed by atoms with Crippen molar-refractivity contribution in [2.45, 2.75) is 45.8 Å². The summed E-state index contributed by atoms with van der Waals surface area (Å²) in [5, 5.41) is 3.40. The number of aryl methyl sites for hydroxylation is 1. The van der Waals surface area contributed by atoms with E-state index in [1.54, 1.807) is 14.2 Å². The van der Waals surface area contributed by atoms with Gasteiger partial charge in [-0.25, -0.2) is 0 Å². The van der Waals surface area contributed by atoms with Crippen LogP contribution in [-0.2, 0) is 11.2 Å². The Morgan fingerprint density at radius 2 is 1.70 bits per heavy atom. The predicted molar refractivity (Wildman–Crippen MR) is 84.4 cm³/mol. The third-order valence-corrected chi connectivity index (χ3v) is 3.75. The van der Waals surface area contributed by atoms with E-state index in [1.165, 1.54) is 5.56 Å². The molecule has 1 aromatic carbocycles. The number of ether oxygens (including phenoxy) is 2. The average Bonchev–Trinajstić information content (AvgIpc) is 2.42. The van der Waals surface area contributed by atoms with E-state index in [1.807, 2.05) is 19.2 Å². The third kappa shape index (κ3) is 4.80. The van der Waals surface area contributed by atoms with Gasteiger partial charge < -0.3 is 14.8 Å². The van der Waals surface area contributed by atoms with Crippen LogP contribution < -0.4 is 10.1 Å². The molecule has 1 aromatic rings. The van der Waals surface area contributed by atoms with Crippen molar-refractivity contribution in [2.24, 2.45) is 5.41 Å². The lowest BCUT2D eigenvalue weighted by Gasteiger charge is -2.36. The smallest absolute Gasteiger partial charge is 0.118 e. The fourth-order valence-corrected chi connectivity index (χ4v) is 2.68. The van der Waals surface area contributed by atoms with E-state index in [4.69, 9.17) is 9.47 Å². The molecule has 0 aliphatic carbocycles. The van der Waals surface area contributed by atoms with Gasteiger partial charge in [0.15, 0.2) is 0 Å². The summed E-state index contributed by atoms with van der Waals surface area (Å²) in [6.07, 6.45) is 2.29. The maximum absolute atomic E-state index is 5.71. The Labute approximate surface area is 123 Å². The SMILES string of the molecule is CNC(CCc1ccc(OC)cc1)C(OC)C(C)(C)C. The molecule has 3 heteroatoms. The van der Waals surface area contributed by atoms with Gasteiger partial charge in [0.2, 0.25) is 0 Å². The van der Waals surface area contributed by atoms with E-state index in [9.17, 15) is 0 Å². The minimum atomic E-state index is 0.127. The highest BCUT2D eigenvalue weighted by Crippen LogP contribution is 2.26. The molecule has 3 nitrogen and oxygen atoms in total. The first-order chi connectivity index (χ1) is 9.42. The Hall–Kier alpha value is -1.06. The molecule has 2 atom stereocenters. The van der Waals surface area contributed by atoms with Crippen molar-refractivity contribution in [3.8, 4) is 5.75 Å². The number of methoxy groups -OCH3 is 2. The number of nitrogens with one attached hydrogen (secondary N) is 1. The highest BCUT2D eigenvalue weighted by molar-refractivity contribution is 5.27. The second-order valence-electron chi connectivity index (χ2n) is 6.30. The maximum Gasteiger partial charge on any atom is 0.118 e. The summed E-state index contributed by atoms with van der Waals surface area (Å²) >= 11 is 0. The van der Waals surface area contributed by atoms with Crippen molar-refractivity contribution in [1.82, 2.24) is 5.32 Å². The summed E-state index contributed by atoms with van der Waals surface area (Å²) in [6, 6.07) is 8.64. The van der Waals surface area contributed by atoms with Crippen LogP contribution in [0.5, 0.6) is 5.75 Å². The summed E-state index contributed by atoms with van der Waals surface area (Å²) < 4.78 is 10.9. The molecular weight excluding hydrogens is 250 g/mol. The fourth-order valence-electron chi connectivity index (χ4n) is 2.68. The van der Waals surface area contributed by atoms with Crippen molar-refractivity contribution in [2.75, 3.05) is 21.3 Å². The summed E-state index contributed by atoms with van der Waals surface area (Å²) in [5.41, 5.74) is 1.46. The zero-order valence-corrected chi connectivity index (χ0v) is 13.7. The molecule has 0 fully saturated rings. The first-order valence-electron chi connectivity index (χ1n) is 7.25. The Morgan fingerprint density at radius 3 is 2.10 bits per heavy atom. The van der Waals surface area contributed by atoms with Gasteiger partial charge in [0, 0.05) is 13.2 Å². The van der Waals surface area contributed by atoms with Crippen LogP contribution in [0, 0.1) is 5.41 Å². The van der Waals surface area contributed by atoms with E-state index >= 15 is 0 Å². The van der Waals surface area contributed by atoms with E-state index in [0.717, 1.165) is 18.6 Å². The molecule has 114 valence electrons. The van der Waals surface area contributed by atoms with Crippen LogP contribution >= 0.6 is 0 Å². The summed E-state index contributed by atoms with van der Waals surface area (Å²) in [7, 11) is 5.50. The monoisotopic (exact) mass is 279 g/mol. The molecule has 0 spiro atoms. The van der Waals surface area contributed by atoms with Gasteiger partial charge in [-0.15, -0.1) is 0 Å². The minimum Gasteiger partial charge on any atom is -0.497 e. The van der Waals surface area contributed by atoms with E-state index in [2.05, 4.69) is 38.2 Å². The number of hydrogen-bond acceptors (Lipinski definition) is 3. The second-order valence-corrected chi connectivity index (χ2v) is 6.30. The normalized spacial score (nSPS) is 14.9. The molecule has 1 rings (SSSR count). The van der Waals surface area contributed by atoms with Crippen LogP contribution in [0.2, 0.25) is 0 Å². The predicted octanol–water partition coefficient (Wildman–Crippen LogP) is 3.28. The number of likely N-dealkylation sites (N-methyl/N-ethyl adjacent to an activating group) is 1. The van der Waals surface area contributed by atoms with Crippen LogP contribution in [0.15, 0.2) is 24.3 Å². The third-order valence-electron chi connectivity index (χ3n) is 3.75. The first kappa shape index (κ1) is 17.0. The molecule has 0 amide bonds. The average molecular weight is 279 g/mol. The van der Waals surface area contributed by atoms with Crippen LogP contribution in [-0.4, -0.2) is 33.4 Å². The summed E-state index contributed by atoms with van der Waals surface area (Å²) in [6.45, 7) is 6.66. The molecule has 0 radical (unpaired) electrons. The molecule has 20 heavy (non-hydrogen) atoms. The Morgan fingerprint density at radius 1 is 1.10 bits per heavy atom. The minimum absolute atomic E-state index is 0.127. The first-order valence-corrected chi connectivity index (χ1v) is 7.25. The van der Waals surface area contributed by atoms with Gasteiger partial charge in [-0.1, -0.05) is 32.9 Å². The molecule has 0 saturated heterocycles. The molecular formula is C17H29NO2. The number of hydrogen-bond donors (Lipinski definition) is 1. The van der Waals surface area contributed by atoms with Crippen LogP contribution in [0.1, 0.15) is 32.8 Å². The summed E-state index contributed by atoms with van der Waals surface area (Å²) in [4.78, 5) is 0. The van der Waals surface area contributed by atoms with Crippen LogP contribution in [0.25, 0.3) is 0 Å². The Bertz CT molecular complexity index is 381. The summed E-state index contributed by atoms with van der Waals surface area (Å²) in [5.74, 6) is 0.906. The molecule has 2 unspecified atom stereocenters. The molecule has 0 saturated carbocycles. The lowest BCUT2D eigenvalue weighted by molar-refractivity contribution is -0.0112. The molecule has 1 N–H and O–H groups in total. The lowest BCUT2D eigenvalue weighted by atomic mass is 9.82. The van der Waals surface area contributed by atoms with Gasteiger partial charge in [-0.3, -0.25) is 0 Å². The lowest BCUT2D eigenvalue weighted by Crippen LogP contribution is -2.46. The molecule has 0 aromatic heterocycles. The van der Waals surface area contributed by atoms with Crippen molar-refractivity contribution in [1.29, 1.82) is 0 Å². The fraction of sp³-hybridized carbons (Fsp3) is 0.647. The topological polar surface area (TPSA) is 30.5 Å². The van der Waals surface area contributed by atoms with Gasteiger partial charge >= 0.3 is 0 Å². The zero-order chi connectivity index (χ0) is 15.2. The standard InChI is InChI=1S/C17H29NO2/c1-17(2,3)16(20-6)15(18-4)12-9-13-7-10-14(19-5)11-8-13/h7-8,10-11,15-16,18H,9,12H2,1-6H3. The van der Waals surface area contributed by atoms with Crippen LogP contribution in [0.4, 0.5) is 0 Å². The molecule has 0 aliphatic rings. The quantitative estimate of drug-likeness (QED) is 0.831. The Kier molecular flexibility index (Phi) is 6.50. The van der Waals surface area contributed by atoms with Crippen molar-refractivity contribution in [3.05, 3.63) is 29.8 Å². The zero-order valence-electron chi connectivity index (χ0n) is 13.7. The van der Waals surface area contributed by atoms with Gasteiger partial charge in [-0.2, -0.15) is 0 Å². The van der Waals surface area contributed by atoms with Crippen molar-refractivity contribution < 1.29 is 9.47 Å². The highest BCUT2D eigenvalue weighted by Gasteiger charge is 2.31. The molecule has 0 bridgehead atoms. The van der Waals surface area contributed by atoms with E-state index in [0.29, 0.717) is 6.04 Å². The van der Waals surface area contributed by atoms with Crippen molar-refractivity contribution >= 4 is 0 Å². The molecule has 0 heterocycles. The van der Waals surface area contributed by atoms with Gasteiger partial charge in [0.25, 0.3) is 0 Å². The number of rotatable bonds is 7. The highest BCUT2D eigenvalue weighted by atomic mass is 16.5. The van der Waals surface area contributed by atoms with E-state index in [-0.39, 0.29) is 11.5 Å². The van der Waals surface area contributed by atoms with Crippen molar-refractivity contribution in [3.63, 3.8) is 0 Å².